The lowest BCUT2D eigenvalue weighted by atomic mass is 10.2. The van der Waals surface area contributed by atoms with Crippen molar-refractivity contribution in [3.63, 3.8) is 0 Å². The molecule has 1 N–H and O–H groups in total. The van der Waals surface area contributed by atoms with E-state index >= 15 is 0 Å². The minimum Gasteiger partial charge on any atom is -0.481 e. The van der Waals surface area contributed by atoms with Crippen molar-refractivity contribution in [2.75, 3.05) is 5.32 Å². The zero-order valence-electron chi connectivity index (χ0n) is 11.1. The molecule has 1 atom stereocenters. The molecule has 0 saturated heterocycles. The van der Waals surface area contributed by atoms with Crippen LogP contribution >= 0.6 is 11.6 Å². The van der Waals surface area contributed by atoms with E-state index in [0.29, 0.717) is 10.8 Å². The van der Waals surface area contributed by atoms with E-state index in [-0.39, 0.29) is 5.69 Å². The molecule has 6 heteroatoms. The minimum absolute atomic E-state index is 0.230. The van der Waals surface area contributed by atoms with Gasteiger partial charge >= 0.3 is 0 Å². The molecular formula is C15H12ClF2NO2. The average molecular weight is 312 g/mol. The summed E-state index contributed by atoms with van der Waals surface area (Å²) in [6.07, 6.45) is -0.881. The first-order chi connectivity index (χ1) is 9.95. The molecule has 2 aromatic rings. The van der Waals surface area contributed by atoms with Gasteiger partial charge in [-0.3, -0.25) is 4.79 Å². The quantitative estimate of drug-likeness (QED) is 0.926. The first-order valence-electron chi connectivity index (χ1n) is 6.14. The van der Waals surface area contributed by atoms with Crippen LogP contribution in [0.3, 0.4) is 0 Å². The number of hydrogen-bond acceptors (Lipinski definition) is 2. The van der Waals surface area contributed by atoms with Crippen LogP contribution in [0.1, 0.15) is 6.92 Å². The molecule has 1 amide bonds. The number of amides is 1. The maximum Gasteiger partial charge on any atom is 0.265 e. The Balaban J connectivity index is 2.02. The summed E-state index contributed by atoms with van der Waals surface area (Å²) < 4.78 is 31.8. The molecule has 0 bridgehead atoms. The van der Waals surface area contributed by atoms with Crippen molar-refractivity contribution in [2.24, 2.45) is 0 Å². The molecule has 0 radical (unpaired) electrons. The standard InChI is InChI=1S/C15H12ClF2NO2/c1-9(21-12-5-2-10(16)3-6-12)15(20)19-14-8-11(17)4-7-13(14)18/h2-9H,1H3,(H,19,20)/t9-/m1/s1. The molecule has 0 unspecified atom stereocenters. The summed E-state index contributed by atoms with van der Waals surface area (Å²) in [7, 11) is 0. The summed E-state index contributed by atoms with van der Waals surface area (Å²) in [5.74, 6) is -1.50. The molecule has 2 rings (SSSR count). The molecule has 3 nitrogen and oxygen atoms in total. The van der Waals surface area contributed by atoms with Crippen molar-refractivity contribution in [2.45, 2.75) is 13.0 Å². The lowest BCUT2D eigenvalue weighted by Gasteiger charge is -2.15. The lowest BCUT2D eigenvalue weighted by Crippen LogP contribution is -2.30. The number of carbonyl (C=O) groups is 1. The number of rotatable bonds is 4. The van der Waals surface area contributed by atoms with Gasteiger partial charge in [-0.2, -0.15) is 0 Å². The third-order valence-corrected chi connectivity index (χ3v) is 2.93. The van der Waals surface area contributed by atoms with Crippen LogP contribution < -0.4 is 10.1 Å². The number of nitrogens with one attached hydrogen (secondary N) is 1. The molecular weight excluding hydrogens is 300 g/mol. The molecule has 0 saturated carbocycles. The van der Waals surface area contributed by atoms with E-state index in [0.717, 1.165) is 18.2 Å². The Kier molecular flexibility index (Phi) is 4.75. The van der Waals surface area contributed by atoms with Gasteiger partial charge < -0.3 is 10.1 Å². The number of anilines is 1. The van der Waals surface area contributed by atoms with Crippen LogP contribution in [0.15, 0.2) is 42.5 Å². The summed E-state index contributed by atoms with van der Waals surface area (Å²) in [5, 5.41) is 2.82. The van der Waals surface area contributed by atoms with Crippen LogP contribution in [0, 0.1) is 11.6 Å². The van der Waals surface area contributed by atoms with Crippen molar-refractivity contribution < 1.29 is 18.3 Å². The second-order valence-corrected chi connectivity index (χ2v) is 4.76. The van der Waals surface area contributed by atoms with Crippen molar-refractivity contribution in [3.8, 4) is 5.75 Å². The molecule has 110 valence electrons. The monoisotopic (exact) mass is 311 g/mol. The normalized spacial score (nSPS) is 11.8. The van der Waals surface area contributed by atoms with Crippen LogP contribution in [0.5, 0.6) is 5.75 Å². The zero-order chi connectivity index (χ0) is 15.4. The second-order valence-electron chi connectivity index (χ2n) is 4.33. The number of halogens is 3. The fourth-order valence-corrected chi connectivity index (χ4v) is 1.72. The van der Waals surface area contributed by atoms with E-state index in [9.17, 15) is 13.6 Å². The SMILES string of the molecule is C[C@@H](Oc1ccc(Cl)cc1)C(=O)Nc1cc(F)ccc1F. The summed E-state index contributed by atoms with van der Waals surface area (Å²) in [5.41, 5.74) is -0.230. The Morgan fingerprint density at radius 1 is 1.19 bits per heavy atom. The van der Waals surface area contributed by atoms with E-state index in [1.807, 2.05) is 0 Å². The summed E-state index contributed by atoms with van der Waals surface area (Å²) in [4.78, 5) is 11.9. The van der Waals surface area contributed by atoms with Crippen molar-refractivity contribution >= 4 is 23.2 Å². The highest BCUT2D eigenvalue weighted by Gasteiger charge is 2.16. The largest absolute Gasteiger partial charge is 0.481 e. The van der Waals surface area contributed by atoms with Gasteiger partial charge in [-0.25, -0.2) is 8.78 Å². The maximum atomic E-state index is 13.4. The lowest BCUT2D eigenvalue weighted by molar-refractivity contribution is -0.122. The Labute approximate surface area is 125 Å². The summed E-state index contributed by atoms with van der Waals surface area (Å²) >= 11 is 5.74. The van der Waals surface area contributed by atoms with E-state index in [1.54, 1.807) is 24.3 Å². The average Bonchev–Trinajstić information content (AvgIpc) is 2.45. The van der Waals surface area contributed by atoms with Crippen LogP contribution in [-0.4, -0.2) is 12.0 Å². The van der Waals surface area contributed by atoms with Gasteiger partial charge in [0.25, 0.3) is 5.91 Å². The smallest absolute Gasteiger partial charge is 0.265 e. The molecule has 0 heterocycles. The molecule has 0 aliphatic carbocycles. The Bertz CT molecular complexity index is 647. The summed E-state index contributed by atoms with van der Waals surface area (Å²) in [6.45, 7) is 1.50. The van der Waals surface area contributed by atoms with Gasteiger partial charge in [0.05, 0.1) is 5.69 Å². The van der Waals surface area contributed by atoms with Crippen molar-refractivity contribution in [1.82, 2.24) is 0 Å². The van der Waals surface area contributed by atoms with Gasteiger partial charge in [-0.1, -0.05) is 11.6 Å². The predicted octanol–water partition coefficient (Wildman–Crippen LogP) is 4.02. The van der Waals surface area contributed by atoms with Gasteiger partial charge in [0.2, 0.25) is 0 Å². The zero-order valence-corrected chi connectivity index (χ0v) is 11.8. The Morgan fingerprint density at radius 3 is 2.52 bits per heavy atom. The van der Waals surface area contributed by atoms with Gasteiger partial charge in [0.15, 0.2) is 6.10 Å². The van der Waals surface area contributed by atoms with Crippen LogP contribution in [-0.2, 0) is 4.79 Å². The van der Waals surface area contributed by atoms with Gasteiger partial charge in [-0.05, 0) is 43.3 Å². The maximum absolute atomic E-state index is 13.4. The first-order valence-corrected chi connectivity index (χ1v) is 6.51. The van der Waals surface area contributed by atoms with Crippen LogP contribution in [0.2, 0.25) is 5.02 Å². The van der Waals surface area contributed by atoms with Crippen molar-refractivity contribution in [1.29, 1.82) is 0 Å². The molecule has 0 aliphatic rings. The Hall–Kier alpha value is -2.14. The highest BCUT2D eigenvalue weighted by molar-refractivity contribution is 6.30. The van der Waals surface area contributed by atoms with Crippen LogP contribution in [0.4, 0.5) is 14.5 Å². The third kappa shape index (κ3) is 4.16. The third-order valence-electron chi connectivity index (χ3n) is 2.68. The Morgan fingerprint density at radius 2 is 1.86 bits per heavy atom. The highest BCUT2D eigenvalue weighted by Crippen LogP contribution is 2.18. The van der Waals surface area contributed by atoms with Gasteiger partial charge in [0.1, 0.15) is 17.4 Å². The van der Waals surface area contributed by atoms with Crippen LogP contribution in [0.25, 0.3) is 0 Å². The highest BCUT2D eigenvalue weighted by atomic mass is 35.5. The number of benzene rings is 2. The topological polar surface area (TPSA) is 38.3 Å². The molecule has 0 fully saturated rings. The fourth-order valence-electron chi connectivity index (χ4n) is 1.60. The molecule has 0 spiro atoms. The second kappa shape index (κ2) is 6.54. The molecule has 0 aliphatic heterocycles. The van der Waals surface area contributed by atoms with E-state index in [4.69, 9.17) is 16.3 Å². The number of hydrogen-bond donors (Lipinski definition) is 1. The molecule has 21 heavy (non-hydrogen) atoms. The summed E-state index contributed by atoms with van der Waals surface area (Å²) in [6, 6.07) is 9.27. The fraction of sp³-hybridized carbons (Fsp3) is 0.133. The number of carbonyl (C=O) groups excluding carboxylic acids is 1. The minimum atomic E-state index is -0.881. The first kappa shape index (κ1) is 15.3. The van der Waals surface area contributed by atoms with E-state index < -0.39 is 23.6 Å². The van der Waals surface area contributed by atoms with Crippen molar-refractivity contribution in [3.05, 3.63) is 59.1 Å². The predicted molar refractivity (Wildman–Crippen MR) is 76.5 cm³/mol. The molecule has 0 aromatic heterocycles. The van der Waals surface area contributed by atoms with E-state index in [2.05, 4.69) is 5.32 Å². The number of ether oxygens (including phenoxy) is 1. The molecule has 2 aromatic carbocycles. The van der Waals surface area contributed by atoms with Gasteiger partial charge in [-0.15, -0.1) is 0 Å². The van der Waals surface area contributed by atoms with Gasteiger partial charge in [0, 0.05) is 11.1 Å². The van der Waals surface area contributed by atoms with E-state index in [1.165, 1.54) is 6.92 Å².